The molecule has 0 saturated heterocycles. The van der Waals surface area contributed by atoms with Gasteiger partial charge in [-0.25, -0.2) is 4.98 Å². The van der Waals surface area contributed by atoms with Gasteiger partial charge in [0, 0.05) is 23.2 Å². The minimum atomic E-state index is -4.21. The molecule has 0 aliphatic heterocycles. The summed E-state index contributed by atoms with van der Waals surface area (Å²) >= 11 is 0. The van der Waals surface area contributed by atoms with Crippen LogP contribution in [0.1, 0.15) is 5.56 Å². The molecule has 2 nitrogen and oxygen atoms in total. The number of benzene rings is 2. The molecule has 0 unspecified atom stereocenters. The molecule has 0 atom stereocenters. The molecule has 4 rings (SSSR count). The highest BCUT2D eigenvalue weighted by Crippen LogP contribution is 2.28. The maximum Gasteiger partial charge on any atom is 0.417 e. The molecule has 0 aliphatic carbocycles. The van der Waals surface area contributed by atoms with E-state index >= 15 is 0 Å². The number of halogens is 3. The SMILES string of the molecule is FC(F)(F)c1cc[nH]c1.c1ccc2nc3ccccc3cc2c1. The van der Waals surface area contributed by atoms with Gasteiger partial charge in [0.25, 0.3) is 0 Å². The van der Waals surface area contributed by atoms with E-state index in [4.69, 9.17) is 0 Å². The Balaban J connectivity index is 0.000000151. The zero-order valence-electron chi connectivity index (χ0n) is 12.0. The van der Waals surface area contributed by atoms with Crippen molar-refractivity contribution in [2.45, 2.75) is 6.18 Å². The summed E-state index contributed by atoms with van der Waals surface area (Å²) < 4.78 is 34.8. The zero-order valence-corrected chi connectivity index (χ0v) is 12.0. The van der Waals surface area contributed by atoms with Crippen molar-refractivity contribution in [2.24, 2.45) is 0 Å². The van der Waals surface area contributed by atoms with Crippen LogP contribution < -0.4 is 0 Å². The highest BCUT2D eigenvalue weighted by molar-refractivity contribution is 5.92. The summed E-state index contributed by atoms with van der Waals surface area (Å²) in [5.41, 5.74) is 1.49. The van der Waals surface area contributed by atoms with E-state index in [0.29, 0.717) is 0 Å². The van der Waals surface area contributed by atoms with Gasteiger partial charge in [-0.15, -0.1) is 0 Å². The number of aromatic amines is 1. The third-order valence-electron chi connectivity index (χ3n) is 3.35. The van der Waals surface area contributed by atoms with E-state index in [2.05, 4.69) is 28.2 Å². The molecule has 0 saturated carbocycles. The van der Waals surface area contributed by atoms with Crippen LogP contribution in [0.15, 0.2) is 73.1 Å². The van der Waals surface area contributed by atoms with E-state index < -0.39 is 11.7 Å². The molecule has 116 valence electrons. The first kappa shape index (κ1) is 15.1. The average molecular weight is 314 g/mol. The number of hydrogen-bond acceptors (Lipinski definition) is 1. The van der Waals surface area contributed by atoms with E-state index in [1.165, 1.54) is 17.0 Å². The highest BCUT2D eigenvalue weighted by Gasteiger charge is 2.30. The lowest BCUT2D eigenvalue weighted by Crippen LogP contribution is -2.01. The Hall–Kier alpha value is -2.82. The van der Waals surface area contributed by atoms with Gasteiger partial charge >= 0.3 is 6.18 Å². The Kier molecular flexibility index (Phi) is 4.02. The number of nitrogens with zero attached hydrogens (tertiary/aromatic N) is 1. The van der Waals surface area contributed by atoms with Crippen LogP contribution >= 0.6 is 0 Å². The van der Waals surface area contributed by atoms with Crippen LogP contribution in [0.25, 0.3) is 21.8 Å². The number of nitrogens with one attached hydrogen (secondary N) is 1. The standard InChI is InChI=1S/C13H9N.C5H4F3N/c1-3-7-12-10(5-1)9-11-6-2-4-8-13(11)14-12;6-5(7,8)4-1-2-9-3-4/h1-9H;1-3,9H. The van der Waals surface area contributed by atoms with Crippen molar-refractivity contribution in [2.75, 3.05) is 0 Å². The summed E-state index contributed by atoms with van der Waals surface area (Å²) in [5.74, 6) is 0. The molecule has 0 bridgehead atoms. The Bertz CT molecular complexity index is 807. The number of alkyl halides is 3. The number of fused-ring (bicyclic) bond motifs is 2. The number of rotatable bonds is 0. The Labute approximate surface area is 130 Å². The lowest BCUT2D eigenvalue weighted by Gasteiger charge is -1.99. The summed E-state index contributed by atoms with van der Waals surface area (Å²) in [7, 11) is 0. The molecule has 2 aromatic heterocycles. The van der Waals surface area contributed by atoms with Crippen LogP contribution in [0.4, 0.5) is 13.2 Å². The average Bonchev–Trinajstić information content (AvgIpc) is 3.08. The van der Waals surface area contributed by atoms with Crippen molar-refractivity contribution in [3.05, 3.63) is 78.6 Å². The molecule has 0 fully saturated rings. The van der Waals surface area contributed by atoms with Crippen molar-refractivity contribution in [1.82, 2.24) is 9.97 Å². The Morgan fingerprint density at radius 1 is 0.783 bits per heavy atom. The van der Waals surface area contributed by atoms with Crippen LogP contribution in [0, 0.1) is 0 Å². The van der Waals surface area contributed by atoms with Gasteiger partial charge in [0.2, 0.25) is 0 Å². The monoisotopic (exact) mass is 314 g/mol. The maximum absolute atomic E-state index is 11.6. The van der Waals surface area contributed by atoms with Gasteiger partial charge < -0.3 is 4.98 Å². The van der Waals surface area contributed by atoms with Gasteiger partial charge in [0.05, 0.1) is 16.6 Å². The van der Waals surface area contributed by atoms with Gasteiger partial charge in [-0.3, -0.25) is 0 Å². The van der Waals surface area contributed by atoms with Gasteiger partial charge in [0.1, 0.15) is 0 Å². The number of hydrogen-bond donors (Lipinski definition) is 1. The summed E-state index contributed by atoms with van der Waals surface area (Å²) in [6.45, 7) is 0. The predicted octanol–water partition coefficient (Wildman–Crippen LogP) is 5.42. The predicted molar refractivity (Wildman–Crippen MR) is 85.0 cm³/mol. The molecule has 4 aromatic rings. The zero-order chi connectivity index (χ0) is 16.3. The fourth-order valence-corrected chi connectivity index (χ4v) is 2.22. The molecule has 0 aliphatic rings. The molecule has 1 N–H and O–H groups in total. The first-order valence-electron chi connectivity index (χ1n) is 6.98. The van der Waals surface area contributed by atoms with Crippen LogP contribution in [-0.2, 0) is 6.18 Å². The van der Waals surface area contributed by atoms with E-state index in [1.54, 1.807) is 0 Å². The second-order valence-corrected chi connectivity index (χ2v) is 4.97. The molecule has 2 heterocycles. The van der Waals surface area contributed by atoms with Crippen molar-refractivity contribution >= 4 is 21.8 Å². The summed E-state index contributed by atoms with van der Waals surface area (Å²) in [4.78, 5) is 6.89. The maximum atomic E-state index is 11.6. The fourth-order valence-electron chi connectivity index (χ4n) is 2.22. The summed E-state index contributed by atoms with van der Waals surface area (Å²) in [6.07, 6.45) is -2.05. The molecule has 5 heteroatoms. The molecule has 0 spiro atoms. The second-order valence-electron chi connectivity index (χ2n) is 4.97. The van der Waals surface area contributed by atoms with Gasteiger partial charge in [-0.2, -0.15) is 13.2 Å². The highest BCUT2D eigenvalue weighted by atomic mass is 19.4. The number of H-pyrrole nitrogens is 1. The van der Waals surface area contributed by atoms with E-state index in [9.17, 15) is 13.2 Å². The normalized spacial score (nSPS) is 11.3. The molecular formula is C18H13F3N2. The molecule has 0 amide bonds. The van der Waals surface area contributed by atoms with Crippen molar-refractivity contribution in [1.29, 1.82) is 0 Å². The molecule has 2 aromatic carbocycles. The Morgan fingerprint density at radius 3 is 1.78 bits per heavy atom. The smallest absolute Gasteiger partial charge is 0.367 e. The van der Waals surface area contributed by atoms with E-state index in [1.807, 2.05) is 36.4 Å². The quantitative estimate of drug-likeness (QED) is 0.431. The lowest BCUT2D eigenvalue weighted by molar-refractivity contribution is -0.137. The van der Waals surface area contributed by atoms with Gasteiger partial charge in [-0.1, -0.05) is 36.4 Å². The largest absolute Gasteiger partial charge is 0.417 e. The molecule has 0 radical (unpaired) electrons. The topological polar surface area (TPSA) is 28.7 Å². The van der Waals surface area contributed by atoms with Crippen LogP contribution in [0.2, 0.25) is 0 Å². The van der Waals surface area contributed by atoms with Gasteiger partial charge in [0.15, 0.2) is 0 Å². The number of pyridine rings is 1. The number of para-hydroxylation sites is 2. The van der Waals surface area contributed by atoms with E-state index in [-0.39, 0.29) is 0 Å². The summed E-state index contributed by atoms with van der Waals surface area (Å²) in [6, 6.07) is 19.6. The second kappa shape index (κ2) is 6.12. The van der Waals surface area contributed by atoms with Crippen molar-refractivity contribution < 1.29 is 13.2 Å². The molecule has 23 heavy (non-hydrogen) atoms. The van der Waals surface area contributed by atoms with Gasteiger partial charge in [-0.05, 0) is 24.3 Å². The third-order valence-corrected chi connectivity index (χ3v) is 3.35. The van der Waals surface area contributed by atoms with Crippen LogP contribution in [0.5, 0.6) is 0 Å². The molecular weight excluding hydrogens is 301 g/mol. The first-order chi connectivity index (χ1) is 11.0. The van der Waals surface area contributed by atoms with Crippen molar-refractivity contribution in [3.8, 4) is 0 Å². The number of aromatic nitrogens is 2. The van der Waals surface area contributed by atoms with Crippen LogP contribution in [0.3, 0.4) is 0 Å². The van der Waals surface area contributed by atoms with Crippen molar-refractivity contribution in [3.63, 3.8) is 0 Å². The minimum absolute atomic E-state index is 0.637. The fraction of sp³-hybridized carbons (Fsp3) is 0.0556. The summed E-state index contributed by atoms with van der Waals surface area (Å²) in [5, 5.41) is 2.40. The first-order valence-corrected chi connectivity index (χ1v) is 6.98. The van der Waals surface area contributed by atoms with Crippen LogP contribution in [-0.4, -0.2) is 9.97 Å². The van der Waals surface area contributed by atoms with E-state index in [0.717, 1.165) is 23.3 Å². The Morgan fingerprint density at radius 2 is 1.35 bits per heavy atom. The minimum Gasteiger partial charge on any atom is -0.367 e. The lowest BCUT2D eigenvalue weighted by atomic mass is 10.1. The third kappa shape index (κ3) is 3.51.